The van der Waals surface area contributed by atoms with E-state index in [9.17, 15) is 8.78 Å². The van der Waals surface area contributed by atoms with Crippen LogP contribution in [0.1, 0.15) is 5.56 Å². The van der Waals surface area contributed by atoms with Crippen LogP contribution in [0.5, 0.6) is 5.75 Å². The molecular formula is C17H18F2N2O. The molecule has 1 fully saturated rings. The average molecular weight is 304 g/mol. The fourth-order valence-corrected chi connectivity index (χ4v) is 2.62. The second-order valence-corrected chi connectivity index (χ2v) is 5.26. The van der Waals surface area contributed by atoms with Crippen molar-refractivity contribution in [1.82, 2.24) is 5.32 Å². The zero-order chi connectivity index (χ0) is 15.4. The van der Waals surface area contributed by atoms with Crippen molar-refractivity contribution in [2.75, 3.05) is 31.1 Å². The van der Waals surface area contributed by atoms with E-state index in [0.717, 1.165) is 43.5 Å². The lowest BCUT2D eigenvalue weighted by molar-refractivity contribution is 0.302. The van der Waals surface area contributed by atoms with Crippen molar-refractivity contribution in [3.63, 3.8) is 0 Å². The number of halogens is 2. The Bertz CT molecular complexity index is 622. The third kappa shape index (κ3) is 3.54. The number of anilines is 1. The molecule has 3 nitrogen and oxygen atoms in total. The van der Waals surface area contributed by atoms with Gasteiger partial charge in [0.25, 0.3) is 0 Å². The molecule has 0 atom stereocenters. The molecular weight excluding hydrogens is 286 g/mol. The lowest BCUT2D eigenvalue weighted by Gasteiger charge is -2.31. The molecule has 1 aliphatic rings. The minimum Gasteiger partial charge on any atom is -0.489 e. The molecule has 1 saturated heterocycles. The Kier molecular flexibility index (Phi) is 4.53. The summed E-state index contributed by atoms with van der Waals surface area (Å²) in [5, 5.41) is 3.32. The van der Waals surface area contributed by atoms with Gasteiger partial charge in [-0.15, -0.1) is 0 Å². The molecule has 0 unspecified atom stereocenters. The maximum atomic E-state index is 13.2. The third-order valence-electron chi connectivity index (χ3n) is 3.68. The summed E-state index contributed by atoms with van der Waals surface area (Å²) in [6.07, 6.45) is 0. The van der Waals surface area contributed by atoms with Gasteiger partial charge in [-0.25, -0.2) is 8.78 Å². The standard InChI is InChI=1S/C17H18F2N2O/c18-14-9-15(19)11-16(10-14)22-12-13-3-1-2-4-17(13)21-7-5-20-6-8-21/h1-4,9-11,20H,5-8,12H2. The highest BCUT2D eigenvalue weighted by Crippen LogP contribution is 2.23. The Morgan fingerprint density at radius 3 is 2.41 bits per heavy atom. The van der Waals surface area contributed by atoms with Crippen LogP contribution in [0.2, 0.25) is 0 Å². The van der Waals surface area contributed by atoms with E-state index in [1.165, 1.54) is 12.1 Å². The van der Waals surface area contributed by atoms with Crippen molar-refractivity contribution in [1.29, 1.82) is 0 Å². The first-order valence-corrected chi connectivity index (χ1v) is 7.35. The molecule has 2 aromatic carbocycles. The van der Waals surface area contributed by atoms with Gasteiger partial charge in [0, 0.05) is 55.6 Å². The smallest absolute Gasteiger partial charge is 0.129 e. The molecule has 0 bridgehead atoms. The van der Waals surface area contributed by atoms with E-state index in [2.05, 4.69) is 16.3 Å². The van der Waals surface area contributed by atoms with Crippen LogP contribution in [0.3, 0.4) is 0 Å². The van der Waals surface area contributed by atoms with Gasteiger partial charge in [-0.05, 0) is 6.07 Å². The number of hydrogen-bond acceptors (Lipinski definition) is 3. The van der Waals surface area contributed by atoms with Crippen LogP contribution in [0.15, 0.2) is 42.5 Å². The molecule has 0 aromatic heterocycles. The summed E-state index contributed by atoms with van der Waals surface area (Å²) in [5.74, 6) is -1.07. The predicted molar refractivity (Wildman–Crippen MR) is 82.2 cm³/mol. The van der Waals surface area contributed by atoms with Gasteiger partial charge in [0.05, 0.1) is 0 Å². The zero-order valence-electron chi connectivity index (χ0n) is 12.2. The topological polar surface area (TPSA) is 24.5 Å². The van der Waals surface area contributed by atoms with Crippen molar-refractivity contribution in [3.8, 4) is 5.75 Å². The van der Waals surface area contributed by atoms with E-state index in [-0.39, 0.29) is 12.4 Å². The molecule has 1 heterocycles. The molecule has 0 amide bonds. The maximum Gasteiger partial charge on any atom is 0.129 e. The highest BCUT2D eigenvalue weighted by atomic mass is 19.1. The number of benzene rings is 2. The Balaban J connectivity index is 1.74. The molecule has 3 rings (SSSR count). The van der Waals surface area contributed by atoms with Crippen molar-refractivity contribution in [2.24, 2.45) is 0 Å². The summed E-state index contributed by atoms with van der Waals surface area (Å²) in [6.45, 7) is 4.05. The molecule has 116 valence electrons. The third-order valence-corrected chi connectivity index (χ3v) is 3.68. The number of rotatable bonds is 4. The van der Waals surface area contributed by atoms with Crippen molar-refractivity contribution >= 4 is 5.69 Å². The van der Waals surface area contributed by atoms with Crippen LogP contribution in [0, 0.1) is 11.6 Å². The zero-order valence-corrected chi connectivity index (χ0v) is 12.2. The Hall–Kier alpha value is -2.14. The summed E-state index contributed by atoms with van der Waals surface area (Å²) in [5.41, 5.74) is 2.12. The second kappa shape index (κ2) is 6.75. The summed E-state index contributed by atoms with van der Waals surface area (Å²) in [7, 11) is 0. The Morgan fingerprint density at radius 2 is 1.68 bits per heavy atom. The van der Waals surface area contributed by atoms with Crippen molar-refractivity contribution < 1.29 is 13.5 Å². The molecule has 2 aromatic rings. The molecule has 0 spiro atoms. The maximum absolute atomic E-state index is 13.2. The van der Waals surface area contributed by atoms with Crippen LogP contribution < -0.4 is 15.0 Å². The first-order valence-electron chi connectivity index (χ1n) is 7.35. The number of para-hydroxylation sites is 1. The molecule has 1 aliphatic heterocycles. The van der Waals surface area contributed by atoms with Gasteiger partial charge in [0.15, 0.2) is 0 Å². The van der Waals surface area contributed by atoms with E-state index in [0.29, 0.717) is 0 Å². The quantitative estimate of drug-likeness (QED) is 0.940. The van der Waals surface area contributed by atoms with E-state index < -0.39 is 11.6 Å². The molecule has 0 saturated carbocycles. The monoisotopic (exact) mass is 304 g/mol. The van der Waals surface area contributed by atoms with Crippen LogP contribution >= 0.6 is 0 Å². The predicted octanol–water partition coefficient (Wildman–Crippen LogP) is 2.95. The van der Waals surface area contributed by atoms with E-state index >= 15 is 0 Å². The highest BCUT2D eigenvalue weighted by molar-refractivity contribution is 5.54. The van der Waals surface area contributed by atoms with Crippen LogP contribution in [-0.4, -0.2) is 26.2 Å². The lowest BCUT2D eigenvalue weighted by atomic mass is 10.1. The Labute approximate surface area is 128 Å². The second-order valence-electron chi connectivity index (χ2n) is 5.26. The van der Waals surface area contributed by atoms with E-state index in [1.807, 2.05) is 18.2 Å². The number of nitrogens with zero attached hydrogens (tertiary/aromatic N) is 1. The van der Waals surface area contributed by atoms with E-state index in [4.69, 9.17) is 4.74 Å². The first kappa shape index (κ1) is 14.8. The van der Waals surface area contributed by atoms with Crippen LogP contribution in [0.4, 0.5) is 14.5 Å². The van der Waals surface area contributed by atoms with Crippen LogP contribution in [0.25, 0.3) is 0 Å². The minimum atomic E-state index is -0.634. The van der Waals surface area contributed by atoms with E-state index in [1.54, 1.807) is 0 Å². The van der Waals surface area contributed by atoms with Gasteiger partial charge in [-0.3, -0.25) is 0 Å². The summed E-state index contributed by atoms with van der Waals surface area (Å²) < 4.78 is 31.9. The fraction of sp³-hybridized carbons (Fsp3) is 0.294. The largest absolute Gasteiger partial charge is 0.489 e. The molecule has 0 aliphatic carbocycles. The van der Waals surface area contributed by atoms with Gasteiger partial charge in [-0.1, -0.05) is 18.2 Å². The highest BCUT2D eigenvalue weighted by Gasteiger charge is 2.14. The summed E-state index contributed by atoms with van der Waals surface area (Å²) in [6, 6.07) is 11.2. The Morgan fingerprint density at radius 1 is 1.00 bits per heavy atom. The summed E-state index contributed by atoms with van der Waals surface area (Å²) in [4.78, 5) is 2.29. The summed E-state index contributed by atoms with van der Waals surface area (Å²) >= 11 is 0. The average Bonchev–Trinajstić information content (AvgIpc) is 2.53. The van der Waals surface area contributed by atoms with Gasteiger partial charge >= 0.3 is 0 Å². The SMILES string of the molecule is Fc1cc(F)cc(OCc2ccccc2N2CCNCC2)c1. The van der Waals surface area contributed by atoms with Crippen LogP contribution in [-0.2, 0) is 6.61 Å². The number of hydrogen-bond donors (Lipinski definition) is 1. The molecule has 5 heteroatoms. The normalized spacial score (nSPS) is 14.9. The molecule has 1 N–H and O–H groups in total. The molecule has 22 heavy (non-hydrogen) atoms. The van der Waals surface area contributed by atoms with Gasteiger partial charge < -0.3 is 15.0 Å². The molecule has 0 radical (unpaired) electrons. The van der Waals surface area contributed by atoms with Crippen molar-refractivity contribution in [3.05, 3.63) is 59.7 Å². The number of piperazine rings is 1. The van der Waals surface area contributed by atoms with Gasteiger partial charge in [0.2, 0.25) is 0 Å². The van der Waals surface area contributed by atoms with Gasteiger partial charge in [-0.2, -0.15) is 0 Å². The number of nitrogens with one attached hydrogen (secondary N) is 1. The lowest BCUT2D eigenvalue weighted by Crippen LogP contribution is -2.43. The minimum absolute atomic E-state index is 0.201. The van der Waals surface area contributed by atoms with Crippen molar-refractivity contribution in [2.45, 2.75) is 6.61 Å². The number of ether oxygens (including phenoxy) is 1. The fourth-order valence-electron chi connectivity index (χ4n) is 2.62. The van der Waals surface area contributed by atoms with Gasteiger partial charge in [0.1, 0.15) is 24.0 Å². The first-order chi connectivity index (χ1) is 10.7.